The van der Waals surface area contributed by atoms with Crippen molar-refractivity contribution >= 4 is 58.1 Å². The van der Waals surface area contributed by atoms with Gasteiger partial charge in [-0.3, -0.25) is 9.78 Å². The molecule has 0 atom stereocenters. The molecule has 1 fully saturated rings. The maximum atomic E-state index is 13.2. The number of hydrogen-bond donors (Lipinski definition) is 1. The van der Waals surface area contributed by atoms with Gasteiger partial charge in [-0.25, -0.2) is 9.18 Å². The third-order valence-electron chi connectivity index (χ3n) is 4.05. The Morgan fingerprint density at radius 3 is 2.44 bits per heavy atom. The number of benzene rings is 1. The summed E-state index contributed by atoms with van der Waals surface area (Å²) in [4.78, 5) is 31.8. The Bertz CT molecular complexity index is 876. The van der Waals surface area contributed by atoms with Crippen molar-refractivity contribution in [2.24, 2.45) is 0 Å². The van der Waals surface area contributed by atoms with Gasteiger partial charge in [0.2, 0.25) is 5.91 Å². The summed E-state index contributed by atoms with van der Waals surface area (Å²) in [5, 5.41) is 3.07. The zero-order chi connectivity index (χ0) is 19.6. The molecule has 2 heterocycles. The van der Waals surface area contributed by atoms with Crippen LogP contribution in [0.3, 0.4) is 0 Å². The molecule has 1 aromatic heterocycles. The van der Waals surface area contributed by atoms with E-state index in [1.807, 2.05) is 0 Å². The lowest BCUT2D eigenvalue weighted by Crippen LogP contribution is -2.38. The van der Waals surface area contributed by atoms with E-state index in [1.165, 1.54) is 40.4 Å². The summed E-state index contributed by atoms with van der Waals surface area (Å²) in [6.07, 6.45) is 2.92. The van der Waals surface area contributed by atoms with E-state index in [0.717, 1.165) is 0 Å². The first kappa shape index (κ1) is 19.7. The molecular weight excluding hydrogens is 418 g/mol. The highest BCUT2D eigenvalue weighted by Gasteiger charge is 2.27. The second-order valence-corrected chi connectivity index (χ2v) is 7.01. The van der Waals surface area contributed by atoms with Gasteiger partial charge in [-0.05, 0) is 18.2 Å². The number of carbonyl (C=O) groups excluding carboxylic acids is 2. The van der Waals surface area contributed by atoms with Crippen molar-refractivity contribution in [3.8, 4) is 0 Å². The zero-order valence-electron chi connectivity index (χ0n) is 13.9. The molecule has 0 saturated carbocycles. The summed E-state index contributed by atoms with van der Waals surface area (Å²) in [7, 11) is 0. The highest BCUT2D eigenvalue weighted by Crippen LogP contribution is 2.33. The van der Waals surface area contributed by atoms with Crippen LogP contribution in [0, 0.1) is 5.82 Å². The number of aromatic nitrogens is 1. The third-order valence-corrected chi connectivity index (χ3v) is 4.89. The van der Waals surface area contributed by atoms with E-state index in [0.29, 0.717) is 11.4 Å². The van der Waals surface area contributed by atoms with E-state index >= 15 is 0 Å². The minimum Gasteiger partial charge on any atom is -0.322 e. The van der Waals surface area contributed by atoms with Gasteiger partial charge in [-0.15, -0.1) is 0 Å². The maximum absolute atomic E-state index is 13.2. The van der Waals surface area contributed by atoms with Gasteiger partial charge in [0.1, 0.15) is 5.82 Å². The Labute approximate surface area is 169 Å². The molecule has 10 heteroatoms. The summed E-state index contributed by atoms with van der Waals surface area (Å²) < 4.78 is 13.2. The Kier molecular flexibility index (Phi) is 6.04. The van der Waals surface area contributed by atoms with E-state index in [-0.39, 0.29) is 47.0 Å². The maximum Gasteiger partial charge on any atom is 0.321 e. The predicted octanol–water partition coefficient (Wildman–Crippen LogP) is 4.45. The van der Waals surface area contributed by atoms with Crippen LogP contribution in [0.25, 0.3) is 0 Å². The number of amides is 3. The Morgan fingerprint density at radius 2 is 1.78 bits per heavy atom. The number of nitrogens with one attached hydrogen (secondary N) is 1. The first-order chi connectivity index (χ1) is 12.9. The van der Waals surface area contributed by atoms with Crippen LogP contribution in [0.1, 0.15) is 6.42 Å². The number of pyridine rings is 1. The Balaban J connectivity index is 1.72. The molecule has 142 valence electrons. The van der Waals surface area contributed by atoms with Crippen molar-refractivity contribution in [2.45, 2.75) is 6.42 Å². The number of carbonyl (C=O) groups is 2. The van der Waals surface area contributed by atoms with Crippen molar-refractivity contribution in [1.82, 2.24) is 9.88 Å². The van der Waals surface area contributed by atoms with Gasteiger partial charge in [0.05, 0.1) is 20.8 Å². The van der Waals surface area contributed by atoms with Crippen LogP contribution in [-0.4, -0.2) is 41.5 Å². The molecule has 0 unspecified atom stereocenters. The number of halogens is 4. The molecule has 0 radical (unpaired) electrons. The highest BCUT2D eigenvalue weighted by atomic mass is 35.5. The number of rotatable bonds is 2. The summed E-state index contributed by atoms with van der Waals surface area (Å²) in [6.45, 7) is 0.706. The minimum absolute atomic E-state index is 0.0907. The molecule has 1 aromatic carbocycles. The fraction of sp³-hybridized carbons (Fsp3) is 0.235. The van der Waals surface area contributed by atoms with Gasteiger partial charge in [0.15, 0.2) is 0 Å². The monoisotopic (exact) mass is 430 g/mol. The van der Waals surface area contributed by atoms with Gasteiger partial charge in [0, 0.05) is 44.1 Å². The van der Waals surface area contributed by atoms with E-state index in [4.69, 9.17) is 34.8 Å². The lowest BCUT2D eigenvalue weighted by atomic mass is 10.3. The van der Waals surface area contributed by atoms with E-state index in [9.17, 15) is 14.0 Å². The average Bonchev–Trinajstić information content (AvgIpc) is 2.80. The van der Waals surface area contributed by atoms with Crippen molar-refractivity contribution in [2.75, 3.05) is 29.9 Å². The molecule has 27 heavy (non-hydrogen) atoms. The number of urea groups is 1. The number of hydrogen-bond acceptors (Lipinski definition) is 3. The van der Waals surface area contributed by atoms with Crippen LogP contribution in [0.2, 0.25) is 15.1 Å². The largest absolute Gasteiger partial charge is 0.322 e. The standard InChI is InChI=1S/C17H14Cl3FN4O2/c18-11-7-10(1-2-14(11)21)23-17(27)24-4-3-15(26)25(6-5-24)16-12(19)8-22-9-13(16)20/h1-2,7-9H,3-6H2,(H,23,27). The molecule has 0 bridgehead atoms. The highest BCUT2D eigenvalue weighted by molar-refractivity contribution is 6.39. The molecule has 1 aliphatic rings. The van der Waals surface area contributed by atoms with Crippen molar-refractivity contribution in [3.05, 3.63) is 51.5 Å². The Morgan fingerprint density at radius 1 is 1.07 bits per heavy atom. The molecule has 3 amide bonds. The second kappa shape index (κ2) is 8.29. The van der Waals surface area contributed by atoms with E-state index in [2.05, 4.69) is 10.3 Å². The van der Waals surface area contributed by atoms with Crippen molar-refractivity contribution in [1.29, 1.82) is 0 Å². The van der Waals surface area contributed by atoms with Gasteiger partial charge in [-0.1, -0.05) is 34.8 Å². The predicted molar refractivity (Wildman–Crippen MR) is 103 cm³/mol. The third kappa shape index (κ3) is 4.43. The van der Waals surface area contributed by atoms with Gasteiger partial charge >= 0.3 is 6.03 Å². The molecular formula is C17H14Cl3FN4O2. The SMILES string of the molecule is O=C(Nc1ccc(F)c(Cl)c1)N1CCC(=O)N(c2c(Cl)cncc2Cl)CC1. The molecule has 6 nitrogen and oxygen atoms in total. The second-order valence-electron chi connectivity index (χ2n) is 5.79. The fourth-order valence-electron chi connectivity index (χ4n) is 2.70. The first-order valence-electron chi connectivity index (χ1n) is 7.97. The van der Waals surface area contributed by atoms with Crippen LogP contribution in [0.15, 0.2) is 30.6 Å². The van der Waals surface area contributed by atoms with Crippen LogP contribution in [-0.2, 0) is 4.79 Å². The van der Waals surface area contributed by atoms with Crippen LogP contribution in [0.5, 0.6) is 0 Å². The van der Waals surface area contributed by atoms with Gasteiger partial charge in [-0.2, -0.15) is 0 Å². The summed E-state index contributed by atoms with van der Waals surface area (Å²) in [5.41, 5.74) is 0.741. The normalized spacial score (nSPS) is 14.9. The summed E-state index contributed by atoms with van der Waals surface area (Å²) >= 11 is 18.0. The summed E-state index contributed by atoms with van der Waals surface area (Å²) in [6, 6.07) is 3.48. The molecule has 0 aliphatic carbocycles. The van der Waals surface area contributed by atoms with Crippen LogP contribution >= 0.6 is 34.8 Å². The average molecular weight is 432 g/mol. The number of anilines is 2. The molecule has 1 N–H and O–H groups in total. The fourth-order valence-corrected chi connectivity index (χ4v) is 3.45. The topological polar surface area (TPSA) is 65.5 Å². The smallest absolute Gasteiger partial charge is 0.321 e. The number of nitrogens with zero attached hydrogens (tertiary/aromatic N) is 3. The summed E-state index contributed by atoms with van der Waals surface area (Å²) in [5.74, 6) is -0.776. The lowest BCUT2D eigenvalue weighted by Gasteiger charge is -2.24. The Hall–Kier alpha value is -2.09. The van der Waals surface area contributed by atoms with Crippen LogP contribution in [0.4, 0.5) is 20.6 Å². The zero-order valence-corrected chi connectivity index (χ0v) is 16.2. The van der Waals surface area contributed by atoms with E-state index in [1.54, 1.807) is 0 Å². The quantitative estimate of drug-likeness (QED) is 0.764. The van der Waals surface area contributed by atoms with Crippen molar-refractivity contribution in [3.63, 3.8) is 0 Å². The lowest BCUT2D eigenvalue weighted by molar-refractivity contribution is -0.118. The molecule has 3 rings (SSSR count). The molecule has 0 spiro atoms. The molecule has 1 saturated heterocycles. The van der Waals surface area contributed by atoms with E-state index < -0.39 is 11.8 Å². The van der Waals surface area contributed by atoms with Gasteiger partial charge in [0.25, 0.3) is 0 Å². The van der Waals surface area contributed by atoms with Gasteiger partial charge < -0.3 is 15.1 Å². The molecule has 1 aliphatic heterocycles. The van der Waals surface area contributed by atoms with Crippen LogP contribution < -0.4 is 10.2 Å². The first-order valence-corrected chi connectivity index (χ1v) is 9.10. The molecule has 2 aromatic rings. The van der Waals surface area contributed by atoms with Crippen molar-refractivity contribution < 1.29 is 14.0 Å². The minimum atomic E-state index is -0.572.